The molecule has 0 saturated carbocycles. The molecule has 0 heterocycles. The summed E-state index contributed by atoms with van der Waals surface area (Å²) < 4.78 is 10.3. The van der Waals surface area contributed by atoms with E-state index >= 15 is 0 Å². The van der Waals surface area contributed by atoms with E-state index in [2.05, 4.69) is 10.6 Å². The SMILES string of the molecule is CCOC(=O)CC(C#N)NC(=O)C(CC(=O)NCCOc1ccccc1)C(C)C. The van der Waals surface area contributed by atoms with Crippen LogP contribution in [0.15, 0.2) is 30.3 Å². The van der Waals surface area contributed by atoms with E-state index in [4.69, 9.17) is 14.7 Å². The highest BCUT2D eigenvalue weighted by molar-refractivity contribution is 5.86. The highest BCUT2D eigenvalue weighted by Crippen LogP contribution is 2.16. The maximum Gasteiger partial charge on any atom is 0.308 e. The van der Waals surface area contributed by atoms with Gasteiger partial charge < -0.3 is 20.1 Å². The first-order chi connectivity index (χ1) is 13.9. The molecule has 158 valence electrons. The van der Waals surface area contributed by atoms with E-state index in [9.17, 15) is 14.4 Å². The van der Waals surface area contributed by atoms with E-state index < -0.39 is 23.8 Å². The van der Waals surface area contributed by atoms with Crippen molar-refractivity contribution < 1.29 is 23.9 Å². The van der Waals surface area contributed by atoms with Gasteiger partial charge in [-0.2, -0.15) is 5.26 Å². The van der Waals surface area contributed by atoms with Crippen molar-refractivity contribution in [1.29, 1.82) is 5.26 Å². The second-order valence-corrected chi connectivity index (χ2v) is 6.77. The molecule has 2 N–H and O–H groups in total. The smallest absolute Gasteiger partial charge is 0.308 e. The van der Waals surface area contributed by atoms with Crippen LogP contribution >= 0.6 is 0 Å². The van der Waals surface area contributed by atoms with Gasteiger partial charge in [-0.3, -0.25) is 14.4 Å². The van der Waals surface area contributed by atoms with Crippen LogP contribution in [0.4, 0.5) is 0 Å². The minimum absolute atomic E-state index is 0.0214. The molecule has 0 bridgehead atoms. The first-order valence-corrected chi connectivity index (χ1v) is 9.67. The number of ether oxygens (including phenoxy) is 2. The van der Waals surface area contributed by atoms with Gasteiger partial charge in [-0.15, -0.1) is 0 Å². The molecule has 8 nitrogen and oxygen atoms in total. The zero-order chi connectivity index (χ0) is 21.6. The number of nitrogens with zero attached hydrogens (tertiary/aromatic N) is 1. The van der Waals surface area contributed by atoms with Crippen LogP contribution in [-0.4, -0.2) is 43.6 Å². The minimum atomic E-state index is -0.995. The topological polar surface area (TPSA) is 118 Å². The quantitative estimate of drug-likeness (QED) is 0.406. The van der Waals surface area contributed by atoms with Gasteiger partial charge >= 0.3 is 5.97 Å². The van der Waals surface area contributed by atoms with Gasteiger partial charge in [0.25, 0.3) is 0 Å². The second-order valence-electron chi connectivity index (χ2n) is 6.77. The Morgan fingerprint density at radius 1 is 1.14 bits per heavy atom. The van der Waals surface area contributed by atoms with Gasteiger partial charge in [0, 0.05) is 12.3 Å². The Bertz CT molecular complexity index is 700. The summed E-state index contributed by atoms with van der Waals surface area (Å²) in [5.74, 6) is -1.31. The lowest BCUT2D eigenvalue weighted by Crippen LogP contribution is -2.43. The number of benzene rings is 1. The standard InChI is InChI=1S/C21H29N3O5/c1-4-28-20(26)12-16(14-22)24-21(27)18(15(2)3)13-19(25)23-10-11-29-17-8-6-5-7-9-17/h5-9,15-16,18H,4,10-13H2,1-3H3,(H,23,25)(H,24,27). The molecule has 0 saturated heterocycles. The average molecular weight is 403 g/mol. The molecule has 29 heavy (non-hydrogen) atoms. The Kier molecular flexibility index (Phi) is 10.9. The van der Waals surface area contributed by atoms with Crippen molar-refractivity contribution in [2.24, 2.45) is 11.8 Å². The van der Waals surface area contributed by atoms with Crippen molar-refractivity contribution in [1.82, 2.24) is 10.6 Å². The molecule has 0 aromatic heterocycles. The molecule has 1 aromatic rings. The third kappa shape index (κ3) is 9.60. The van der Waals surface area contributed by atoms with E-state index in [0.717, 1.165) is 0 Å². The van der Waals surface area contributed by atoms with Crippen molar-refractivity contribution in [2.45, 2.75) is 39.7 Å². The summed E-state index contributed by atoms with van der Waals surface area (Å²) in [5.41, 5.74) is 0. The lowest BCUT2D eigenvalue weighted by atomic mass is 9.91. The summed E-state index contributed by atoms with van der Waals surface area (Å²) in [4.78, 5) is 36.3. The maximum atomic E-state index is 12.5. The summed E-state index contributed by atoms with van der Waals surface area (Å²) >= 11 is 0. The number of esters is 1. The summed E-state index contributed by atoms with van der Waals surface area (Å²) in [7, 11) is 0. The summed E-state index contributed by atoms with van der Waals surface area (Å²) in [6.45, 7) is 6.13. The molecule has 0 spiro atoms. The van der Waals surface area contributed by atoms with E-state index in [1.807, 2.05) is 50.2 Å². The number of carbonyl (C=O) groups is 3. The highest BCUT2D eigenvalue weighted by atomic mass is 16.5. The molecule has 0 aliphatic rings. The van der Waals surface area contributed by atoms with Crippen LogP contribution in [-0.2, 0) is 19.1 Å². The predicted octanol–water partition coefficient (Wildman–Crippen LogP) is 1.81. The normalized spacial score (nSPS) is 12.4. The summed E-state index contributed by atoms with van der Waals surface area (Å²) in [5, 5.41) is 14.4. The molecule has 8 heteroatoms. The molecule has 0 radical (unpaired) electrons. The second kappa shape index (κ2) is 13.2. The number of nitriles is 1. The lowest BCUT2D eigenvalue weighted by molar-refractivity contribution is -0.143. The first kappa shape index (κ1) is 24.0. The minimum Gasteiger partial charge on any atom is -0.492 e. The third-order valence-corrected chi connectivity index (χ3v) is 4.13. The van der Waals surface area contributed by atoms with Crippen LogP contribution in [0.1, 0.15) is 33.6 Å². The zero-order valence-electron chi connectivity index (χ0n) is 17.1. The number of rotatable bonds is 12. The third-order valence-electron chi connectivity index (χ3n) is 4.13. The zero-order valence-corrected chi connectivity index (χ0v) is 17.1. The molecule has 2 unspecified atom stereocenters. The molecular weight excluding hydrogens is 374 g/mol. The number of hydrogen-bond donors (Lipinski definition) is 2. The lowest BCUT2D eigenvalue weighted by Gasteiger charge is -2.21. The average Bonchev–Trinajstić information content (AvgIpc) is 2.69. The van der Waals surface area contributed by atoms with Gasteiger partial charge in [-0.25, -0.2) is 0 Å². The number of nitrogens with one attached hydrogen (secondary N) is 2. The number of para-hydroxylation sites is 1. The Morgan fingerprint density at radius 2 is 1.83 bits per heavy atom. The molecule has 0 aliphatic carbocycles. The molecule has 2 atom stereocenters. The fourth-order valence-electron chi connectivity index (χ4n) is 2.57. The Labute approximate surface area is 171 Å². The molecule has 2 amide bonds. The number of amides is 2. The summed E-state index contributed by atoms with van der Waals surface area (Å²) in [6, 6.07) is 10.1. The van der Waals surface area contributed by atoms with Gasteiger partial charge in [-0.05, 0) is 25.0 Å². The van der Waals surface area contributed by atoms with E-state index in [1.54, 1.807) is 6.92 Å². The predicted molar refractivity (Wildman–Crippen MR) is 107 cm³/mol. The Balaban J connectivity index is 2.47. The largest absolute Gasteiger partial charge is 0.492 e. The number of hydrogen-bond acceptors (Lipinski definition) is 6. The van der Waals surface area contributed by atoms with Gasteiger partial charge in [0.05, 0.1) is 25.6 Å². The van der Waals surface area contributed by atoms with E-state index in [-0.39, 0.29) is 31.3 Å². The van der Waals surface area contributed by atoms with Crippen molar-refractivity contribution in [3.05, 3.63) is 30.3 Å². The fraction of sp³-hybridized carbons (Fsp3) is 0.524. The van der Waals surface area contributed by atoms with Crippen molar-refractivity contribution in [3.8, 4) is 11.8 Å². The van der Waals surface area contributed by atoms with Crippen molar-refractivity contribution in [2.75, 3.05) is 19.8 Å². The molecule has 1 rings (SSSR count). The molecule has 1 aromatic carbocycles. The Hall–Kier alpha value is -3.08. The molecule has 0 fully saturated rings. The molecular formula is C21H29N3O5. The fourth-order valence-corrected chi connectivity index (χ4v) is 2.57. The van der Waals surface area contributed by atoms with Crippen LogP contribution in [0.2, 0.25) is 0 Å². The van der Waals surface area contributed by atoms with Gasteiger partial charge in [-0.1, -0.05) is 32.0 Å². The van der Waals surface area contributed by atoms with Crippen LogP contribution < -0.4 is 15.4 Å². The first-order valence-electron chi connectivity index (χ1n) is 9.67. The summed E-state index contributed by atoms with van der Waals surface area (Å²) in [6.07, 6.45) is -0.254. The highest BCUT2D eigenvalue weighted by Gasteiger charge is 2.27. The van der Waals surface area contributed by atoms with Gasteiger partial charge in [0.2, 0.25) is 11.8 Å². The monoisotopic (exact) mass is 403 g/mol. The van der Waals surface area contributed by atoms with Crippen LogP contribution in [0.3, 0.4) is 0 Å². The van der Waals surface area contributed by atoms with Gasteiger partial charge in [0.1, 0.15) is 18.4 Å². The van der Waals surface area contributed by atoms with Crippen molar-refractivity contribution >= 4 is 17.8 Å². The van der Waals surface area contributed by atoms with E-state index in [1.165, 1.54) is 0 Å². The van der Waals surface area contributed by atoms with Crippen LogP contribution in [0, 0.1) is 23.2 Å². The number of carbonyl (C=O) groups excluding carboxylic acids is 3. The van der Waals surface area contributed by atoms with Crippen molar-refractivity contribution in [3.63, 3.8) is 0 Å². The Morgan fingerprint density at radius 3 is 2.41 bits per heavy atom. The van der Waals surface area contributed by atoms with Crippen LogP contribution in [0.25, 0.3) is 0 Å². The maximum absolute atomic E-state index is 12.5. The molecule has 0 aliphatic heterocycles. The van der Waals surface area contributed by atoms with Crippen LogP contribution in [0.5, 0.6) is 5.75 Å². The van der Waals surface area contributed by atoms with Gasteiger partial charge in [0.15, 0.2) is 0 Å². The van der Waals surface area contributed by atoms with E-state index in [0.29, 0.717) is 18.9 Å².